The molecule has 1 rings (SSSR count). The van der Waals surface area contributed by atoms with Gasteiger partial charge in [-0.3, -0.25) is 0 Å². The number of halogens is 1. The van der Waals surface area contributed by atoms with E-state index in [-0.39, 0.29) is 0 Å². The molecule has 3 heteroatoms. The van der Waals surface area contributed by atoms with Crippen LogP contribution < -0.4 is 0 Å². The zero-order chi connectivity index (χ0) is 9.90. The Morgan fingerprint density at radius 3 is 2.23 bits per heavy atom. The largest absolute Gasteiger partial charge is 0.306 e. The van der Waals surface area contributed by atoms with E-state index >= 15 is 0 Å². The van der Waals surface area contributed by atoms with Crippen LogP contribution in [0.25, 0.3) is 0 Å². The highest BCUT2D eigenvalue weighted by Gasteiger charge is 2.34. The van der Waals surface area contributed by atoms with E-state index in [9.17, 15) is 4.39 Å². The van der Waals surface area contributed by atoms with Crippen molar-refractivity contribution in [1.82, 2.24) is 9.80 Å². The second-order valence-electron chi connectivity index (χ2n) is 4.32. The third-order valence-corrected chi connectivity index (χ3v) is 2.80. The molecule has 0 unspecified atom stereocenters. The highest BCUT2D eigenvalue weighted by molar-refractivity contribution is 4.87. The van der Waals surface area contributed by atoms with E-state index in [1.807, 2.05) is 19.0 Å². The molecule has 1 heterocycles. The van der Waals surface area contributed by atoms with Gasteiger partial charge in [0.25, 0.3) is 0 Å². The molecular formula is C10H21FN2. The number of alkyl halides is 1. The van der Waals surface area contributed by atoms with E-state index in [0.29, 0.717) is 19.4 Å². The molecule has 0 radical (unpaired) electrons. The predicted molar refractivity (Wildman–Crippen MR) is 53.7 cm³/mol. The first-order valence-electron chi connectivity index (χ1n) is 5.12. The van der Waals surface area contributed by atoms with Crippen molar-refractivity contribution in [2.45, 2.75) is 25.4 Å². The Balaban J connectivity index is 2.37. The van der Waals surface area contributed by atoms with E-state index in [4.69, 9.17) is 0 Å². The van der Waals surface area contributed by atoms with Crippen LogP contribution in [-0.2, 0) is 0 Å². The van der Waals surface area contributed by atoms with Crippen LogP contribution >= 0.6 is 0 Å². The summed E-state index contributed by atoms with van der Waals surface area (Å²) in [6, 6.07) is 0. The number of likely N-dealkylation sites (tertiary alicyclic amines) is 1. The van der Waals surface area contributed by atoms with Crippen LogP contribution in [0.1, 0.15) is 19.8 Å². The Labute approximate surface area is 80.7 Å². The minimum atomic E-state index is -0.935. The van der Waals surface area contributed by atoms with Crippen molar-refractivity contribution in [3.8, 4) is 0 Å². The summed E-state index contributed by atoms with van der Waals surface area (Å²) < 4.78 is 14.1. The maximum absolute atomic E-state index is 14.1. The molecule has 0 atom stereocenters. The monoisotopic (exact) mass is 188 g/mol. The minimum absolute atomic E-state index is 0.574. The fraction of sp³-hybridized carbons (Fsp3) is 1.00. The molecule has 1 aliphatic rings. The predicted octanol–water partition coefficient (Wildman–Crippen LogP) is 1.37. The molecule has 0 saturated carbocycles. The normalized spacial score (nSPS) is 23.8. The SMILES string of the molecule is CCN1CCC(F)(CN(C)C)CC1. The molecule has 78 valence electrons. The van der Waals surface area contributed by atoms with Gasteiger partial charge in [-0.2, -0.15) is 0 Å². The van der Waals surface area contributed by atoms with E-state index in [0.717, 1.165) is 19.6 Å². The molecule has 0 N–H and O–H groups in total. The fourth-order valence-electron chi connectivity index (χ4n) is 1.99. The van der Waals surface area contributed by atoms with Crippen LogP contribution in [-0.4, -0.2) is 55.7 Å². The quantitative estimate of drug-likeness (QED) is 0.660. The smallest absolute Gasteiger partial charge is 0.126 e. The van der Waals surface area contributed by atoms with Gasteiger partial charge >= 0.3 is 0 Å². The molecule has 0 aliphatic carbocycles. The topological polar surface area (TPSA) is 6.48 Å². The third-order valence-electron chi connectivity index (χ3n) is 2.80. The van der Waals surface area contributed by atoms with Crippen molar-refractivity contribution in [1.29, 1.82) is 0 Å². The van der Waals surface area contributed by atoms with Crippen molar-refractivity contribution in [3.05, 3.63) is 0 Å². The van der Waals surface area contributed by atoms with Gasteiger partial charge in [0.1, 0.15) is 5.67 Å². The van der Waals surface area contributed by atoms with E-state index in [2.05, 4.69) is 11.8 Å². The molecule has 0 amide bonds. The van der Waals surface area contributed by atoms with E-state index in [1.54, 1.807) is 0 Å². The van der Waals surface area contributed by atoms with Gasteiger partial charge in [0.05, 0.1) is 0 Å². The lowest BCUT2D eigenvalue weighted by Gasteiger charge is -2.37. The molecule has 0 spiro atoms. The van der Waals surface area contributed by atoms with Crippen molar-refractivity contribution in [2.75, 3.05) is 40.3 Å². The summed E-state index contributed by atoms with van der Waals surface area (Å²) in [6.07, 6.45) is 1.39. The molecule has 0 bridgehead atoms. The average Bonchev–Trinajstić information content (AvgIpc) is 2.04. The number of hydrogen-bond acceptors (Lipinski definition) is 2. The second kappa shape index (κ2) is 4.38. The summed E-state index contributed by atoms with van der Waals surface area (Å²) in [5.41, 5.74) is -0.935. The van der Waals surface area contributed by atoms with Crippen molar-refractivity contribution >= 4 is 0 Å². The van der Waals surface area contributed by atoms with Crippen molar-refractivity contribution < 1.29 is 4.39 Å². The highest BCUT2D eigenvalue weighted by atomic mass is 19.1. The summed E-state index contributed by atoms with van der Waals surface area (Å²) >= 11 is 0. The molecular weight excluding hydrogens is 167 g/mol. The van der Waals surface area contributed by atoms with Crippen LogP contribution in [0.5, 0.6) is 0 Å². The lowest BCUT2D eigenvalue weighted by atomic mass is 9.93. The molecule has 1 aliphatic heterocycles. The fourth-order valence-corrected chi connectivity index (χ4v) is 1.99. The highest BCUT2D eigenvalue weighted by Crippen LogP contribution is 2.26. The molecule has 1 fully saturated rings. The van der Waals surface area contributed by atoms with Gasteiger partial charge in [-0.05, 0) is 33.5 Å². The average molecular weight is 188 g/mol. The van der Waals surface area contributed by atoms with Gasteiger partial charge in [0, 0.05) is 19.6 Å². The van der Waals surface area contributed by atoms with Crippen LogP contribution in [0.15, 0.2) is 0 Å². The Hall–Kier alpha value is -0.150. The Morgan fingerprint density at radius 1 is 1.31 bits per heavy atom. The van der Waals surface area contributed by atoms with Gasteiger partial charge in [0.2, 0.25) is 0 Å². The van der Waals surface area contributed by atoms with Gasteiger partial charge < -0.3 is 9.80 Å². The first-order chi connectivity index (χ1) is 6.06. The van der Waals surface area contributed by atoms with Crippen molar-refractivity contribution in [3.63, 3.8) is 0 Å². The summed E-state index contributed by atoms with van der Waals surface area (Å²) in [7, 11) is 3.88. The Morgan fingerprint density at radius 2 is 1.85 bits per heavy atom. The first-order valence-corrected chi connectivity index (χ1v) is 5.12. The van der Waals surface area contributed by atoms with Gasteiger partial charge in [-0.15, -0.1) is 0 Å². The zero-order valence-electron chi connectivity index (χ0n) is 9.02. The summed E-state index contributed by atoms with van der Waals surface area (Å²) in [4.78, 5) is 4.26. The number of nitrogens with zero attached hydrogens (tertiary/aromatic N) is 2. The molecule has 0 aromatic carbocycles. The molecule has 0 aromatic heterocycles. The second-order valence-corrected chi connectivity index (χ2v) is 4.32. The summed E-state index contributed by atoms with van der Waals surface area (Å²) in [6.45, 7) is 5.60. The van der Waals surface area contributed by atoms with Crippen molar-refractivity contribution in [2.24, 2.45) is 0 Å². The van der Waals surface area contributed by atoms with E-state index < -0.39 is 5.67 Å². The van der Waals surface area contributed by atoms with Crippen LogP contribution in [0.4, 0.5) is 4.39 Å². The van der Waals surface area contributed by atoms with Gasteiger partial charge in [-0.25, -0.2) is 4.39 Å². The van der Waals surface area contributed by atoms with Gasteiger partial charge in [-0.1, -0.05) is 6.92 Å². The molecule has 0 aromatic rings. The Bertz CT molecular complexity index is 151. The summed E-state index contributed by atoms with van der Waals surface area (Å²) in [5.74, 6) is 0. The lowest BCUT2D eigenvalue weighted by Crippen LogP contribution is -2.46. The number of rotatable bonds is 3. The Kier molecular flexibility index (Phi) is 3.68. The van der Waals surface area contributed by atoms with Crippen LogP contribution in [0.2, 0.25) is 0 Å². The number of hydrogen-bond donors (Lipinski definition) is 0. The molecule has 2 nitrogen and oxygen atoms in total. The van der Waals surface area contributed by atoms with Crippen LogP contribution in [0.3, 0.4) is 0 Å². The zero-order valence-corrected chi connectivity index (χ0v) is 9.02. The molecule has 1 saturated heterocycles. The van der Waals surface area contributed by atoms with E-state index in [1.165, 1.54) is 0 Å². The summed E-state index contributed by atoms with van der Waals surface area (Å²) in [5, 5.41) is 0. The minimum Gasteiger partial charge on any atom is -0.306 e. The standard InChI is InChI=1S/C10H21FN2/c1-4-13-7-5-10(11,6-8-13)9-12(2)3/h4-9H2,1-3H3. The maximum Gasteiger partial charge on any atom is 0.126 e. The van der Waals surface area contributed by atoms with Crippen LogP contribution in [0, 0.1) is 0 Å². The number of piperidine rings is 1. The lowest BCUT2D eigenvalue weighted by molar-refractivity contribution is 0.0384. The van der Waals surface area contributed by atoms with Gasteiger partial charge in [0.15, 0.2) is 0 Å². The third kappa shape index (κ3) is 3.24. The maximum atomic E-state index is 14.1. The first kappa shape index (κ1) is 10.9. The molecule has 13 heavy (non-hydrogen) atoms.